The van der Waals surface area contributed by atoms with E-state index in [4.69, 9.17) is 0 Å². The van der Waals surface area contributed by atoms with Gasteiger partial charge in [-0.05, 0) is 24.3 Å². The third-order valence-electron chi connectivity index (χ3n) is 4.17. The van der Waals surface area contributed by atoms with E-state index < -0.39 is 10.0 Å². The van der Waals surface area contributed by atoms with Crippen molar-refractivity contribution in [1.82, 2.24) is 19.5 Å². The second-order valence-corrected chi connectivity index (χ2v) is 8.93. The van der Waals surface area contributed by atoms with Crippen molar-refractivity contribution >= 4 is 27.2 Å². The first-order valence-corrected chi connectivity index (χ1v) is 10.2. The van der Waals surface area contributed by atoms with E-state index in [0.717, 1.165) is 16.3 Å². The van der Waals surface area contributed by atoms with Crippen molar-refractivity contribution in [3.8, 4) is 10.4 Å². The van der Waals surface area contributed by atoms with Gasteiger partial charge in [-0.15, -0.1) is 11.3 Å². The summed E-state index contributed by atoms with van der Waals surface area (Å²) < 4.78 is 27.7. The molecule has 0 spiro atoms. The molecule has 0 radical (unpaired) electrons. The largest absolute Gasteiger partial charge is 0.354 e. The zero-order chi connectivity index (χ0) is 17.3. The molecule has 0 atom stereocenters. The van der Waals surface area contributed by atoms with Crippen LogP contribution in [0.3, 0.4) is 0 Å². The van der Waals surface area contributed by atoms with Gasteiger partial charge in [-0.3, -0.25) is 5.10 Å². The Labute approximate surface area is 150 Å². The number of piperazine rings is 1. The fourth-order valence-corrected chi connectivity index (χ4v) is 5.69. The first-order chi connectivity index (χ1) is 12.1. The lowest BCUT2D eigenvalue weighted by atomic mass is 10.3. The summed E-state index contributed by atoms with van der Waals surface area (Å²) in [6, 6.07) is 9.26. The van der Waals surface area contributed by atoms with Crippen LogP contribution < -0.4 is 4.90 Å². The Morgan fingerprint density at radius 3 is 2.60 bits per heavy atom. The molecular weight excluding hydrogens is 358 g/mol. The molecule has 3 aromatic heterocycles. The highest BCUT2D eigenvalue weighted by Gasteiger charge is 2.30. The summed E-state index contributed by atoms with van der Waals surface area (Å²) in [5.41, 5.74) is 0.895. The summed E-state index contributed by atoms with van der Waals surface area (Å²) in [6.07, 6.45) is 5.20. The Morgan fingerprint density at radius 1 is 1.08 bits per heavy atom. The summed E-state index contributed by atoms with van der Waals surface area (Å²) in [7, 11) is -3.46. The molecular formula is C16H17N5O2S2. The van der Waals surface area contributed by atoms with Crippen LogP contribution in [-0.2, 0) is 10.0 Å². The molecule has 1 aliphatic rings. The first-order valence-electron chi connectivity index (χ1n) is 7.90. The number of rotatable bonds is 4. The quantitative estimate of drug-likeness (QED) is 0.755. The number of H-pyrrole nitrogens is 1. The van der Waals surface area contributed by atoms with Gasteiger partial charge >= 0.3 is 0 Å². The number of hydrogen-bond acceptors (Lipinski definition) is 6. The molecule has 0 aromatic carbocycles. The summed E-state index contributed by atoms with van der Waals surface area (Å²) >= 11 is 1.27. The van der Waals surface area contributed by atoms with E-state index in [-0.39, 0.29) is 0 Å². The van der Waals surface area contributed by atoms with Crippen molar-refractivity contribution in [2.45, 2.75) is 4.21 Å². The zero-order valence-corrected chi connectivity index (χ0v) is 15.0. The molecule has 7 nitrogen and oxygen atoms in total. The van der Waals surface area contributed by atoms with E-state index in [1.807, 2.05) is 24.3 Å². The maximum absolute atomic E-state index is 12.9. The van der Waals surface area contributed by atoms with Gasteiger partial charge in [0.1, 0.15) is 10.0 Å². The molecule has 0 bridgehead atoms. The zero-order valence-electron chi connectivity index (χ0n) is 13.4. The van der Waals surface area contributed by atoms with Gasteiger partial charge in [0.25, 0.3) is 10.0 Å². The van der Waals surface area contributed by atoms with Crippen molar-refractivity contribution in [2.75, 3.05) is 31.1 Å². The van der Waals surface area contributed by atoms with E-state index in [1.54, 1.807) is 29.0 Å². The minimum atomic E-state index is -3.46. The van der Waals surface area contributed by atoms with Gasteiger partial charge in [0.05, 0.1) is 6.20 Å². The molecule has 3 aromatic rings. The van der Waals surface area contributed by atoms with Crippen molar-refractivity contribution in [3.63, 3.8) is 0 Å². The van der Waals surface area contributed by atoms with Crippen molar-refractivity contribution < 1.29 is 8.42 Å². The van der Waals surface area contributed by atoms with Crippen LogP contribution in [0.4, 0.5) is 5.82 Å². The Balaban J connectivity index is 1.49. The van der Waals surface area contributed by atoms with E-state index in [0.29, 0.717) is 30.4 Å². The van der Waals surface area contributed by atoms with Crippen LogP contribution in [0.1, 0.15) is 0 Å². The third-order valence-corrected chi connectivity index (χ3v) is 7.67. The highest BCUT2D eigenvalue weighted by atomic mass is 32.2. The standard InChI is InChI=1S/C16H17N5O2S2/c22-25(23,16-5-4-14(24-16)13-11-18-19-12-13)21-9-7-20(8-10-21)15-3-1-2-6-17-15/h1-6,11-12H,7-10H2,(H,18,19). The van der Waals surface area contributed by atoms with E-state index in [2.05, 4.69) is 20.1 Å². The number of aromatic amines is 1. The molecule has 25 heavy (non-hydrogen) atoms. The van der Waals surface area contributed by atoms with Gasteiger partial charge in [0, 0.05) is 49.0 Å². The summed E-state index contributed by atoms with van der Waals surface area (Å²) in [5, 5.41) is 6.65. The third kappa shape index (κ3) is 3.17. The molecule has 9 heteroatoms. The van der Waals surface area contributed by atoms with Gasteiger partial charge in [0.15, 0.2) is 0 Å². The fraction of sp³-hybridized carbons (Fsp3) is 0.250. The molecule has 1 aliphatic heterocycles. The molecule has 0 saturated carbocycles. The number of thiophene rings is 1. The highest BCUT2D eigenvalue weighted by Crippen LogP contribution is 2.32. The van der Waals surface area contributed by atoms with Crippen molar-refractivity contribution in [1.29, 1.82) is 0 Å². The number of hydrogen-bond donors (Lipinski definition) is 1. The van der Waals surface area contributed by atoms with Crippen LogP contribution in [0.15, 0.2) is 53.1 Å². The van der Waals surface area contributed by atoms with Crippen molar-refractivity contribution in [2.24, 2.45) is 0 Å². The predicted molar refractivity (Wildman–Crippen MR) is 97.1 cm³/mol. The highest BCUT2D eigenvalue weighted by molar-refractivity contribution is 7.91. The van der Waals surface area contributed by atoms with Gasteiger partial charge < -0.3 is 4.90 Å². The number of pyridine rings is 1. The predicted octanol–water partition coefficient (Wildman–Crippen LogP) is 2.04. The van der Waals surface area contributed by atoms with E-state index >= 15 is 0 Å². The Hall–Kier alpha value is -2.23. The van der Waals surface area contributed by atoms with Gasteiger partial charge in [0.2, 0.25) is 0 Å². The lowest BCUT2D eigenvalue weighted by molar-refractivity contribution is 0.385. The van der Waals surface area contributed by atoms with Gasteiger partial charge in [-0.2, -0.15) is 9.40 Å². The number of aromatic nitrogens is 3. The second-order valence-electron chi connectivity index (χ2n) is 5.68. The molecule has 0 amide bonds. The monoisotopic (exact) mass is 375 g/mol. The number of nitrogens with one attached hydrogen (secondary N) is 1. The summed E-state index contributed by atoms with van der Waals surface area (Å²) in [5.74, 6) is 0.887. The number of sulfonamides is 1. The fourth-order valence-electron chi connectivity index (χ4n) is 2.83. The average molecular weight is 375 g/mol. The molecule has 1 saturated heterocycles. The van der Waals surface area contributed by atoms with Crippen molar-refractivity contribution in [3.05, 3.63) is 48.9 Å². The van der Waals surface area contributed by atoms with Gasteiger partial charge in [-0.1, -0.05) is 6.07 Å². The minimum Gasteiger partial charge on any atom is -0.354 e. The topological polar surface area (TPSA) is 82.2 Å². The number of anilines is 1. The Kier molecular flexibility index (Phi) is 4.28. The maximum atomic E-state index is 12.9. The molecule has 0 aliphatic carbocycles. The molecule has 4 heterocycles. The molecule has 0 unspecified atom stereocenters. The van der Waals surface area contributed by atoms with Crippen LogP contribution in [0.2, 0.25) is 0 Å². The van der Waals surface area contributed by atoms with Crippen LogP contribution in [0.25, 0.3) is 10.4 Å². The molecule has 1 fully saturated rings. The minimum absolute atomic E-state index is 0.370. The SMILES string of the molecule is O=S(=O)(c1ccc(-c2cn[nH]c2)s1)N1CCN(c2ccccn2)CC1. The second kappa shape index (κ2) is 6.58. The van der Waals surface area contributed by atoms with Crippen LogP contribution in [0.5, 0.6) is 0 Å². The summed E-state index contributed by atoms with van der Waals surface area (Å²) in [4.78, 5) is 7.33. The van der Waals surface area contributed by atoms with Crippen LogP contribution >= 0.6 is 11.3 Å². The molecule has 1 N–H and O–H groups in total. The Bertz CT molecular complexity index is 930. The lowest BCUT2D eigenvalue weighted by Gasteiger charge is -2.34. The smallest absolute Gasteiger partial charge is 0.252 e. The lowest BCUT2D eigenvalue weighted by Crippen LogP contribution is -2.48. The average Bonchev–Trinajstić information content (AvgIpc) is 3.34. The number of nitrogens with zero attached hydrogens (tertiary/aromatic N) is 4. The molecule has 130 valence electrons. The Morgan fingerprint density at radius 2 is 1.92 bits per heavy atom. The van der Waals surface area contributed by atoms with Crippen LogP contribution in [0, 0.1) is 0 Å². The van der Waals surface area contributed by atoms with E-state index in [9.17, 15) is 8.42 Å². The van der Waals surface area contributed by atoms with E-state index in [1.165, 1.54) is 11.3 Å². The normalized spacial score (nSPS) is 16.2. The first kappa shape index (κ1) is 16.2. The maximum Gasteiger partial charge on any atom is 0.252 e. The summed E-state index contributed by atoms with van der Waals surface area (Å²) in [6.45, 7) is 2.18. The van der Waals surface area contributed by atoms with Gasteiger partial charge in [-0.25, -0.2) is 13.4 Å². The van der Waals surface area contributed by atoms with Crippen LogP contribution in [-0.4, -0.2) is 54.1 Å². The molecule has 4 rings (SSSR count).